The van der Waals surface area contributed by atoms with Gasteiger partial charge in [-0.15, -0.1) is 0 Å². The van der Waals surface area contributed by atoms with Crippen molar-refractivity contribution >= 4 is 11.7 Å². The van der Waals surface area contributed by atoms with Crippen molar-refractivity contribution in [1.29, 1.82) is 0 Å². The van der Waals surface area contributed by atoms with Gasteiger partial charge in [-0.2, -0.15) is 5.10 Å². The van der Waals surface area contributed by atoms with Crippen molar-refractivity contribution in [2.45, 2.75) is 44.8 Å². The summed E-state index contributed by atoms with van der Waals surface area (Å²) in [5, 5.41) is 7.21. The van der Waals surface area contributed by atoms with E-state index in [1.807, 2.05) is 20.0 Å². The number of carbonyl (C=O) groups excluding carboxylic acids is 1. The Morgan fingerprint density at radius 2 is 1.92 bits per heavy atom. The van der Waals surface area contributed by atoms with Crippen molar-refractivity contribution in [3.8, 4) is 0 Å². The lowest BCUT2D eigenvalue weighted by Crippen LogP contribution is -2.42. The summed E-state index contributed by atoms with van der Waals surface area (Å²) in [6.07, 6.45) is 4.84. The monoisotopic (exact) mass is 336 g/mol. The van der Waals surface area contributed by atoms with E-state index >= 15 is 0 Å². The van der Waals surface area contributed by atoms with Crippen LogP contribution in [0.15, 0.2) is 6.07 Å². The molecule has 1 aromatic rings. The Morgan fingerprint density at radius 3 is 2.38 bits per heavy atom. The van der Waals surface area contributed by atoms with E-state index in [0.29, 0.717) is 6.54 Å². The molecule has 7 nitrogen and oxygen atoms in total. The maximum Gasteiger partial charge on any atom is 0.239 e. The molecule has 134 valence electrons. The molecule has 2 aliphatic rings. The van der Waals surface area contributed by atoms with Crippen LogP contribution in [0.25, 0.3) is 0 Å². The van der Waals surface area contributed by atoms with Crippen molar-refractivity contribution in [3.05, 3.63) is 11.8 Å². The topological polar surface area (TPSA) is 68.6 Å². The van der Waals surface area contributed by atoms with E-state index in [1.54, 1.807) is 4.68 Å². The molecule has 0 saturated carbocycles. The lowest BCUT2D eigenvalue weighted by atomic mass is 10.2. The normalized spacial score (nSPS) is 24.0. The number of amides is 1. The fourth-order valence-electron chi connectivity index (χ4n) is 3.47. The lowest BCUT2D eigenvalue weighted by molar-refractivity contribution is -0.118. The quantitative estimate of drug-likeness (QED) is 0.813. The van der Waals surface area contributed by atoms with Gasteiger partial charge in [-0.1, -0.05) is 0 Å². The molecule has 24 heavy (non-hydrogen) atoms. The molecule has 0 aromatic carbocycles. The Bertz CT molecular complexity index is 530. The van der Waals surface area contributed by atoms with Gasteiger partial charge in [0, 0.05) is 39.4 Å². The van der Waals surface area contributed by atoms with Gasteiger partial charge in [-0.05, 0) is 32.6 Å². The molecule has 0 bridgehead atoms. The Labute approximate surface area is 143 Å². The standard InChI is InChI=1S/C17H28N4O3/c1-13-9-16(20(2)19-13)18-17(22)12-21(10-14-5-3-7-23-14)11-15-6-4-8-24-15/h9,14-15H,3-8,10-12H2,1-2H3,(H,18,22). The first-order chi connectivity index (χ1) is 11.6. The fraction of sp³-hybridized carbons (Fsp3) is 0.765. The third kappa shape index (κ3) is 4.78. The molecule has 0 spiro atoms. The van der Waals surface area contributed by atoms with Crippen LogP contribution in [0.5, 0.6) is 0 Å². The van der Waals surface area contributed by atoms with Gasteiger partial charge in [0.25, 0.3) is 0 Å². The van der Waals surface area contributed by atoms with E-state index in [2.05, 4.69) is 15.3 Å². The van der Waals surface area contributed by atoms with Crippen molar-refractivity contribution in [1.82, 2.24) is 14.7 Å². The second kappa shape index (κ2) is 8.09. The van der Waals surface area contributed by atoms with E-state index in [4.69, 9.17) is 9.47 Å². The summed E-state index contributed by atoms with van der Waals surface area (Å²) in [7, 11) is 1.83. The summed E-state index contributed by atoms with van der Waals surface area (Å²) in [5.74, 6) is 0.709. The van der Waals surface area contributed by atoms with E-state index in [0.717, 1.165) is 63.5 Å². The Kier molecular flexibility index (Phi) is 5.86. The highest BCUT2D eigenvalue weighted by molar-refractivity contribution is 5.91. The van der Waals surface area contributed by atoms with Crippen molar-refractivity contribution in [3.63, 3.8) is 0 Å². The molecule has 2 fully saturated rings. The molecule has 2 unspecified atom stereocenters. The number of hydrogen-bond donors (Lipinski definition) is 1. The minimum absolute atomic E-state index is 0.0195. The number of aryl methyl sites for hydroxylation is 2. The van der Waals surface area contributed by atoms with Crippen LogP contribution in [0.2, 0.25) is 0 Å². The minimum Gasteiger partial charge on any atom is -0.377 e. The molecule has 0 aliphatic carbocycles. The summed E-state index contributed by atoms with van der Waals surface area (Å²) in [6, 6.07) is 1.88. The molecule has 7 heteroatoms. The summed E-state index contributed by atoms with van der Waals surface area (Å²) >= 11 is 0. The van der Waals surface area contributed by atoms with Crippen LogP contribution >= 0.6 is 0 Å². The molecule has 1 amide bonds. The molecule has 1 aromatic heterocycles. The second-order valence-corrected chi connectivity index (χ2v) is 6.81. The van der Waals surface area contributed by atoms with Crippen LogP contribution < -0.4 is 5.32 Å². The molecular formula is C17H28N4O3. The van der Waals surface area contributed by atoms with E-state index in [-0.39, 0.29) is 18.1 Å². The molecule has 3 heterocycles. The van der Waals surface area contributed by atoms with E-state index in [1.165, 1.54) is 0 Å². The van der Waals surface area contributed by atoms with Gasteiger partial charge in [0.1, 0.15) is 5.82 Å². The number of nitrogens with one attached hydrogen (secondary N) is 1. The molecule has 2 atom stereocenters. The lowest BCUT2D eigenvalue weighted by Gasteiger charge is -2.27. The van der Waals surface area contributed by atoms with Crippen LogP contribution in [0.3, 0.4) is 0 Å². The van der Waals surface area contributed by atoms with Crippen LogP contribution in [-0.2, 0) is 21.3 Å². The highest BCUT2D eigenvalue weighted by atomic mass is 16.5. The van der Waals surface area contributed by atoms with Gasteiger partial charge >= 0.3 is 0 Å². The summed E-state index contributed by atoms with van der Waals surface area (Å²) < 4.78 is 13.2. The minimum atomic E-state index is -0.0195. The molecule has 2 saturated heterocycles. The summed E-state index contributed by atoms with van der Waals surface area (Å²) in [4.78, 5) is 14.6. The number of ether oxygens (including phenoxy) is 2. The molecule has 2 aliphatic heterocycles. The first kappa shape index (κ1) is 17.4. The Morgan fingerprint density at radius 1 is 1.29 bits per heavy atom. The predicted molar refractivity (Wildman–Crippen MR) is 91.0 cm³/mol. The van der Waals surface area contributed by atoms with Crippen LogP contribution in [0, 0.1) is 6.92 Å². The molecule has 1 N–H and O–H groups in total. The second-order valence-electron chi connectivity index (χ2n) is 6.81. The zero-order valence-electron chi connectivity index (χ0n) is 14.7. The van der Waals surface area contributed by atoms with Crippen LogP contribution in [0.4, 0.5) is 5.82 Å². The Hall–Kier alpha value is -1.44. The number of aromatic nitrogens is 2. The van der Waals surface area contributed by atoms with Gasteiger partial charge in [0.2, 0.25) is 5.91 Å². The first-order valence-corrected chi connectivity index (χ1v) is 8.86. The zero-order chi connectivity index (χ0) is 16.9. The largest absolute Gasteiger partial charge is 0.377 e. The maximum absolute atomic E-state index is 12.5. The number of carbonyl (C=O) groups is 1. The zero-order valence-corrected chi connectivity index (χ0v) is 14.7. The number of anilines is 1. The fourth-order valence-corrected chi connectivity index (χ4v) is 3.47. The third-order valence-corrected chi connectivity index (χ3v) is 4.61. The SMILES string of the molecule is Cc1cc(NC(=O)CN(CC2CCCO2)CC2CCCO2)n(C)n1. The van der Waals surface area contributed by atoms with Crippen molar-refractivity contribution < 1.29 is 14.3 Å². The highest BCUT2D eigenvalue weighted by Gasteiger charge is 2.25. The van der Waals surface area contributed by atoms with Gasteiger partial charge in [0.05, 0.1) is 24.4 Å². The average Bonchev–Trinajstić information content (AvgIpc) is 3.24. The maximum atomic E-state index is 12.5. The predicted octanol–water partition coefficient (Wildman–Crippen LogP) is 1.33. The van der Waals surface area contributed by atoms with Crippen molar-refractivity contribution in [2.75, 3.05) is 38.2 Å². The molecule has 3 rings (SSSR count). The Balaban J connectivity index is 1.56. The van der Waals surface area contributed by atoms with Crippen molar-refractivity contribution in [2.24, 2.45) is 7.05 Å². The smallest absolute Gasteiger partial charge is 0.239 e. The van der Waals surface area contributed by atoms with Gasteiger partial charge in [0.15, 0.2) is 0 Å². The molecular weight excluding hydrogens is 308 g/mol. The van der Waals surface area contributed by atoms with Gasteiger partial charge in [-0.3, -0.25) is 14.4 Å². The van der Waals surface area contributed by atoms with E-state index in [9.17, 15) is 4.79 Å². The van der Waals surface area contributed by atoms with Gasteiger partial charge in [-0.25, -0.2) is 0 Å². The first-order valence-electron chi connectivity index (χ1n) is 8.86. The highest BCUT2D eigenvalue weighted by Crippen LogP contribution is 2.17. The summed E-state index contributed by atoms with van der Waals surface area (Å²) in [5.41, 5.74) is 0.892. The third-order valence-electron chi connectivity index (χ3n) is 4.61. The molecule has 0 radical (unpaired) electrons. The van der Waals surface area contributed by atoms with Crippen LogP contribution in [-0.4, -0.2) is 65.6 Å². The number of rotatable bonds is 7. The summed E-state index contributed by atoms with van der Waals surface area (Å²) in [6.45, 7) is 5.51. The van der Waals surface area contributed by atoms with Gasteiger partial charge < -0.3 is 14.8 Å². The van der Waals surface area contributed by atoms with E-state index < -0.39 is 0 Å². The number of hydrogen-bond acceptors (Lipinski definition) is 5. The van der Waals surface area contributed by atoms with Crippen LogP contribution in [0.1, 0.15) is 31.4 Å². The number of nitrogens with zero attached hydrogens (tertiary/aromatic N) is 3. The average molecular weight is 336 g/mol.